The van der Waals surface area contributed by atoms with Crippen LogP contribution in [0.1, 0.15) is 24.8 Å². The highest BCUT2D eigenvalue weighted by Gasteiger charge is 2.75. The van der Waals surface area contributed by atoms with Crippen LogP contribution in [-0.4, -0.2) is 76.7 Å². The van der Waals surface area contributed by atoms with E-state index in [1.54, 1.807) is 21.3 Å². The van der Waals surface area contributed by atoms with Crippen LogP contribution in [0.2, 0.25) is 0 Å². The number of rotatable bonds is 10. The molecular formula is C28H31BrN6O4S. The fraction of sp³-hybridized carbons (Fsp3) is 0.464. The van der Waals surface area contributed by atoms with Gasteiger partial charge in [0.15, 0.2) is 0 Å². The summed E-state index contributed by atoms with van der Waals surface area (Å²) in [4.78, 5) is 43.2. The minimum Gasteiger partial charge on any atom is -0.396 e. The monoisotopic (exact) mass is 626 g/mol. The molecule has 3 fully saturated rings. The van der Waals surface area contributed by atoms with Gasteiger partial charge in [0.1, 0.15) is 18.2 Å². The number of nitrogens with one attached hydrogen (secondary N) is 2. The maximum Gasteiger partial charge on any atom is 0.245 e. The van der Waals surface area contributed by atoms with Crippen molar-refractivity contribution >= 4 is 56.4 Å². The van der Waals surface area contributed by atoms with Gasteiger partial charge in [-0.2, -0.15) is 0 Å². The summed E-state index contributed by atoms with van der Waals surface area (Å²) in [5.41, 5.74) is 2.51. The van der Waals surface area contributed by atoms with E-state index < -0.39 is 22.6 Å². The molecule has 4 heterocycles. The highest BCUT2D eigenvalue weighted by molar-refractivity contribution is 9.09. The standard InChI is InChI=1S/C28H31BrN6O4S/c29-18-14-28-22(21(23(18)40-28)25(37)30-15-17-8-2-1-3-9-17)27(39)34(12-6-7-13-36)24(28)26(38)31-16-35-20-11-5-4-10-19(20)32-33-35/h1-5,8-11,18,21-24,36H,6-7,12-16H2,(H,30,37)(H,31,38)/t18?,21-,22-,23-,24?,28?/m0/s1. The number of unbranched alkanes of at least 4 members (excludes halogenated alkanes) is 1. The van der Waals surface area contributed by atoms with Gasteiger partial charge in [-0.05, 0) is 37.0 Å². The number of likely N-dealkylation sites (tertiary alicyclic amines) is 1. The first kappa shape index (κ1) is 27.2. The lowest BCUT2D eigenvalue weighted by Crippen LogP contribution is -2.55. The molecule has 2 aromatic carbocycles. The second-order valence-electron chi connectivity index (χ2n) is 10.6. The molecule has 210 valence electrons. The van der Waals surface area contributed by atoms with Crippen molar-refractivity contribution in [1.82, 2.24) is 30.5 Å². The Morgan fingerprint density at radius 1 is 1.07 bits per heavy atom. The molecule has 0 radical (unpaired) electrons. The Morgan fingerprint density at radius 2 is 1.85 bits per heavy atom. The van der Waals surface area contributed by atoms with E-state index in [4.69, 9.17) is 0 Å². The van der Waals surface area contributed by atoms with E-state index in [9.17, 15) is 19.5 Å². The predicted octanol–water partition coefficient (Wildman–Crippen LogP) is 2.06. The van der Waals surface area contributed by atoms with Gasteiger partial charge in [0.05, 0.1) is 22.1 Å². The van der Waals surface area contributed by atoms with Crippen LogP contribution in [0.15, 0.2) is 54.6 Å². The number of amides is 3. The Balaban J connectivity index is 1.26. The first-order valence-corrected chi connectivity index (χ1v) is 15.3. The van der Waals surface area contributed by atoms with Crippen molar-refractivity contribution in [3.8, 4) is 0 Å². The van der Waals surface area contributed by atoms with E-state index in [-0.39, 0.29) is 41.1 Å². The highest BCUT2D eigenvalue weighted by atomic mass is 79.9. The minimum absolute atomic E-state index is 0.000904. The molecule has 3 aliphatic rings. The zero-order chi connectivity index (χ0) is 27.9. The lowest BCUT2D eigenvalue weighted by atomic mass is 9.70. The van der Waals surface area contributed by atoms with Crippen LogP contribution in [-0.2, 0) is 27.6 Å². The number of hydrogen-bond acceptors (Lipinski definition) is 7. The summed E-state index contributed by atoms with van der Waals surface area (Å²) in [6.45, 7) is 0.850. The third-order valence-electron chi connectivity index (χ3n) is 8.28. The van der Waals surface area contributed by atoms with Crippen LogP contribution in [0.3, 0.4) is 0 Å². The van der Waals surface area contributed by atoms with Crippen molar-refractivity contribution in [3.63, 3.8) is 0 Å². The summed E-state index contributed by atoms with van der Waals surface area (Å²) in [5, 5.41) is 23.6. The smallest absolute Gasteiger partial charge is 0.245 e. The lowest BCUT2D eigenvalue weighted by molar-refractivity contribution is -0.140. The average molecular weight is 628 g/mol. The summed E-state index contributed by atoms with van der Waals surface area (Å²) < 4.78 is 0.903. The number of halogens is 1. The Hall–Kier alpha value is -2.96. The first-order chi connectivity index (χ1) is 19.4. The molecule has 3 aliphatic heterocycles. The normalized spacial score (nSPS) is 28.7. The molecule has 3 aromatic rings. The highest BCUT2D eigenvalue weighted by Crippen LogP contribution is 2.67. The van der Waals surface area contributed by atoms with E-state index in [1.807, 2.05) is 54.6 Å². The summed E-state index contributed by atoms with van der Waals surface area (Å²) in [5.74, 6) is -1.71. The fourth-order valence-corrected chi connectivity index (χ4v) is 10.2. The molecule has 3 saturated heterocycles. The summed E-state index contributed by atoms with van der Waals surface area (Å²) in [6, 6.07) is 16.5. The molecular weight excluding hydrogens is 596 g/mol. The molecule has 10 nitrogen and oxygen atoms in total. The van der Waals surface area contributed by atoms with Gasteiger partial charge in [-0.15, -0.1) is 16.9 Å². The number of aromatic nitrogens is 3. The summed E-state index contributed by atoms with van der Waals surface area (Å²) in [7, 11) is 0. The quantitative estimate of drug-likeness (QED) is 0.232. The van der Waals surface area contributed by atoms with Crippen molar-refractivity contribution in [2.75, 3.05) is 13.2 Å². The number of carbonyl (C=O) groups excluding carboxylic acids is 3. The maximum absolute atomic E-state index is 14.0. The van der Waals surface area contributed by atoms with Gasteiger partial charge in [-0.1, -0.05) is 63.6 Å². The molecule has 1 aromatic heterocycles. The maximum atomic E-state index is 14.0. The van der Waals surface area contributed by atoms with Crippen LogP contribution in [0.25, 0.3) is 11.0 Å². The molecule has 3 N–H and O–H groups in total. The van der Waals surface area contributed by atoms with E-state index in [0.29, 0.717) is 32.4 Å². The van der Waals surface area contributed by atoms with Gasteiger partial charge in [0, 0.05) is 29.8 Å². The topological polar surface area (TPSA) is 129 Å². The van der Waals surface area contributed by atoms with Crippen molar-refractivity contribution in [3.05, 3.63) is 60.2 Å². The van der Waals surface area contributed by atoms with Gasteiger partial charge in [0.2, 0.25) is 17.7 Å². The van der Waals surface area contributed by atoms with Crippen LogP contribution in [0.4, 0.5) is 0 Å². The number of nitrogens with zero attached hydrogens (tertiary/aromatic N) is 4. The number of hydrogen-bond donors (Lipinski definition) is 3. The lowest BCUT2D eigenvalue weighted by Gasteiger charge is -2.35. The Kier molecular flexibility index (Phi) is 7.58. The summed E-state index contributed by atoms with van der Waals surface area (Å²) >= 11 is 5.40. The molecule has 40 heavy (non-hydrogen) atoms. The van der Waals surface area contributed by atoms with Gasteiger partial charge < -0.3 is 20.6 Å². The van der Waals surface area contributed by atoms with Crippen molar-refractivity contribution < 1.29 is 19.5 Å². The van der Waals surface area contributed by atoms with Gasteiger partial charge in [0.25, 0.3) is 0 Å². The SMILES string of the molecule is O=C(NCn1nnc2ccccc21)C1N(CCCCO)C(=O)[C@@H]2[C@H](C(=O)NCc3ccccc3)[C@H]3SC12CC3Br. The zero-order valence-electron chi connectivity index (χ0n) is 21.8. The molecule has 2 bridgehead atoms. The van der Waals surface area contributed by atoms with E-state index in [0.717, 1.165) is 16.6 Å². The van der Waals surface area contributed by atoms with Crippen molar-refractivity contribution in [2.45, 2.75) is 53.3 Å². The number of benzene rings is 2. The van der Waals surface area contributed by atoms with Crippen molar-refractivity contribution in [2.24, 2.45) is 11.8 Å². The number of para-hydroxylation sites is 1. The number of fused-ring (bicyclic) bond motifs is 2. The third-order valence-corrected chi connectivity index (χ3v) is 11.5. The van der Waals surface area contributed by atoms with E-state index >= 15 is 0 Å². The second-order valence-corrected chi connectivity index (χ2v) is 13.3. The van der Waals surface area contributed by atoms with Crippen LogP contribution in [0, 0.1) is 11.8 Å². The van der Waals surface area contributed by atoms with Gasteiger partial charge in [-0.3, -0.25) is 14.4 Å². The first-order valence-electron chi connectivity index (χ1n) is 13.6. The molecule has 6 atom stereocenters. The fourth-order valence-electron chi connectivity index (χ4n) is 6.55. The van der Waals surface area contributed by atoms with Gasteiger partial charge in [-0.25, -0.2) is 4.68 Å². The Morgan fingerprint density at radius 3 is 2.65 bits per heavy atom. The van der Waals surface area contributed by atoms with E-state index in [2.05, 4.69) is 36.9 Å². The minimum atomic E-state index is -0.736. The predicted molar refractivity (Wildman–Crippen MR) is 154 cm³/mol. The Bertz CT molecular complexity index is 1420. The second kappa shape index (κ2) is 11.1. The Labute approximate surface area is 244 Å². The molecule has 3 unspecified atom stereocenters. The number of aliphatic hydroxyl groups is 1. The molecule has 0 saturated carbocycles. The van der Waals surface area contributed by atoms with Crippen LogP contribution in [0.5, 0.6) is 0 Å². The molecule has 3 amide bonds. The van der Waals surface area contributed by atoms with Crippen LogP contribution < -0.4 is 10.6 Å². The van der Waals surface area contributed by atoms with Crippen molar-refractivity contribution in [1.29, 1.82) is 0 Å². The largest absolute Gasteiger partial charge is 0.396 e. The summed E-state index contributed by atoms with van der Waals surface area (Å²) in [6.07, 6.45) is 1.71. The van der Waals surface area contributed by atoms with Crippen LogP contribution >= 0.6 is 27.7 Å². The number of thioether (sulfide) groups is 1. The van der Waals surface area contributed by atoms with Gasteiger partial charge >= 0.3 is 0 Å². The van der Waals surface area contributed by atoms with E-state index in [1.165, 1.54) is 0 Å². The number of carbonyl (C=O) groups is 3. The molecule has 6 rings (SSSR count). The third kappa shape index (κ3) is 4.59. The zero-order valence-corrected chi connectivity index (χ0v) is 24.2. The number of aliphatic hydroxyl groups excluding tert-OH is 1. The average Bonchev–Trinajstić information content (AvgIpc) is 3.68. The molecule has 1 spiro atoms. The molecule has 12 heteroatoms. The number of alkyl halides is 1. The molecule has 0 aliphatic carbocycles.